The third-order valence-corrected chi connectivity index (χ3v) is 3.91. The van der Waals surface area contributed by atoms with E-state index in [4.69, 9.17) is 11.6 Å². The van der Waals surface area contributed by atoms with Gasteiger partial charge in [-0.3, -0.25) is 0 Å². The zero-order valence-corrected chi connectivity index (χ0v) is 10.1. The third kappa shape index (κ3) is 1.97. The molecule has 16 heavy (non-hydrogen) atoms. The van der Waals surface area contributed by atoms with Crippen LogP contribution in [0.2, 0.25) is 5.02 Å². The van der Waals surface area contributed by atoms with E-state index in [1.54, 1.807) is 0 Å². The largest absolute Gasteiger partial charge is 0.512 e. The van der Waals surface area contributed by atoms with Crippen LogP contribution in [0.15, 0.2) is 36.6 Å². The number of rotatable bonds is 2. The molecule has 0 aliphatic heterocycles. The summed E-state index contributed by atoms with van der Waals surface area (Å²) in [7, 11) is 0. The Balaban J connectivity index is 2.38. The summed E-state index contributed by atoms with van der Waals surface area (Å²) >= 11 is 5.89. The fourth-order valence-corrected chi connectivity index (χ4v) is 2.79. The van der Waals surface area contributed by atoms with Crippen LogP contribution in [0.3, 0.4) is 0 Å². The van der Waals surface area contributed by atoms with Crippen molar-refractivity contribution in [2.24, 2.45) is 0 Å². The van der Waals surface area contributed by atoms with Crippen LogP contribution in [0.1, 0.15) is 37.7 Å². The van der Waals surface area contributed by atoms with Crippen LogP contribution in [0, 0.1) is 0 Å². The second kappa shape index (κ2) is 4.50. The van der Waals surface area contributed by atoms with Crippen LogP contribution in [0.4, 0.5) is 0 Å². The van der Waals surface area contributed by atoms with E-state index >= 15 is 0 Å². The smallest absolute Gasteiger partial charge is 0.0956 e. The number of aliphatic hydroxyl groups excluding tert-OH is 1. The van der Waals surface area contributed by atoms with Crippen molar-refractivity contribution in [3.63, 3.8) is 0 Å². The maximum absolute atomic E-state index is 9.92. The lowest BCUT2D eigenvalue weighted by atomic mass is 9.68. The topological polar surface area (TPSA) is 20.2 Å². The average molecular weight is 237 g/mol. The quantitative estimate of drug-likeness (QED) is 0.744. The molecular formula is C14H17ClO. The Kier molecular flexibility index (Phi) is 3.25. The van der Waals surface area contributed by atoms with E-state index in [2.05, 4.69) is 6.58 Å². The number of hydrogen-bond donors (Lipinski definition) is 1. The number of aliphatic hydroxyl groups is 1. The Morgan fingerprint density at radius 3 is 2.19 bits per heavy atom. The van der Waals surface area contributed by atoms with E-state index in [1.807, 2.05) is 24.3 Å². The van der Waals surface area contributed by atoms with Gasteiger partial charge in [-0.05, 0) is 30.5 Å². The monoisotopic (exact) mass is 236 g/mol. The molecule has 1 nitrogen and oxygen atoms in total. The zero-order chi connectivity index (χ0) is 11.6. The number of hydrogen-bond acceptors (Lipinski definition) is 1. The first-order valence-electron chi connectivity index (χ1n) is 5.79. The van der Waals surface area contributed by atoms with Crippen molar-refractivity contribution >= 4 is 11.6 Å². The maximum atomic E-state index is 9.92. The minimum atomic E-state index is -0.233. The molecule has 0 heterocycles. The molecule has 86 valence electrons. The summed E-state index contributed by atoms with van der Waals surface area (Å²) in [6, 6.07) is 7.79. The predicted molar refractivity (Wildman–Crippen MR) is 68.0 cm³/mol. The lowest BCUT2D eigenvalue weighted by Gasteiger charge is -2.36. The summed E-state index contributed by atoms with van der Waals surface area (Å²) < 4.78 is 0. The summed E-state index contributed by atoms with van der Waals surface area (Å²) in [6.07, 6.45) is 5.54. The van der Waals surface area contributed by atoms with Gasteiger partial charge in [0.15, 0.2) is 0 Å². The van der Waals surface area contributed by atoms with Gasteiger partial charge in [0.05, 0.1) is 11.2 Å². The van der Waals surface area contributed by atoms with Gasteiger partial charge in [-0.1, -0.05) is 49.6 Å². The van der Waals surface area contributed by atoms with E-state index in [1.165, 1.54) is 6.42 Å². The van der Waals surface area contributed by atoms with E-state index < -0.39 is 0 Å². The first-order chi connectivity index (χ1) is 7.65. The molecule has 0 bridgehead atoms. The molecule has 0 radical (unpaired) electrons. The van der Waals surface area contributed by atoms with Gasteiger partial charge < -0.3 is 5.11 Å². The van der Waals surface area contributed by atoms with E-state index in [0.717, 1.165) is 36.3 Å². The lowest BCUT2D eigenvalue weighted by molar-refractivity contribution is 0.234. The van der Waals surface area contributed by atoms with E-state index in [-0.39, 0.29) is 5.41 Å². The summed E-state index contributed by atoms with van der Waals surface area (Å²) in [5.41, 5.74) is 0.909. The van der Waals surface area contributed by atoms with Gasteiger partial charge in [0.25, 0.3) is 0 Å². The highest BCUT2D eigenvalue weighted by Crippen LogP contribution is 2.43. The van der Waals surface area contributed by atoms with Crippen molar-refractivity contribution in [3.05, 3.63) is 47.2 Å². The van der Waals surface area contributed by atoms with E-state index in [0.29, 0.717) is 5.76 Å². The first kappa shape index (κ1) is 11.5. The van der Waals surface area contributed by atoms with Gasteiger partial charge in [0, 0.05) is 5.02 Å². The minimum Gasteiger partial charge on any atom is -0.512 e. The van der Waals surface area contributed by atoms with Crippen LogP contribution >= 0.6 is 11.6 Å². The van der Waals surface area contributed by atoms with Crippen LogP contribution < -0.4 is 0 Å². The van der Waals surface area contributed by atoms with Crippen LogP contribution in [0.25, 0.3) is 0 Å². The second-order valence-electron chi connectivity index (χ2n) is 4.60. The van der Waals surface area contributed by atoms with Gasteiger partial charge in [-0.2, -0.15) is 0 Å². The Labute approximate surface area is 102 Å². The van der Waals surface area contributed by atoms with Gasteiger partial charge in [-0.15, -0.1) is 0 Å². The minimum absolute atomic E-state index is 0.233. The standard InChI is InChI=1S/C14H17ClO/c1-11(16)14(9-3-2-4-10-14)12-5-7-13(15)8-6-12/h5-8,16H,1-4,9-10H2. The van der Waals surface area contributed by atoms with Crippen molar-refractivity contribution < 1.29 is 5.11 Å². The third-order valence-electron chi connectivity index (χ3n) is 3.66. The van der Waals surface area contributed by atoms with Crippen LogP contribution in [0.5, 0.6) is 0 Å². The predicted octanol–water partition coefficient (Wildman–Crippen LogP) is 4.61. The summed E-state index contributed by atoms with van der Waals surface area (Å²) in [5.74, 6) is 0.300. The fraction of sp³-hybridized carbons (Fsp3) is 0.429. The number of benzene rings is 1. The first-order valence-corrected chi connectivity index (χ1v) is 6.17. The molecule has 0 saturated heterocycles. The molecule has 0 aromatic heterocycles. The summed E-state index contributed by atoms with van der Waals surface area (Å²) in [4.78, 5) is 0. The molecule has 1 aromatic rings. The van der Waals surface area contributed by atoms with Crippen LogP contribution in [-0.4, -0.2) is 5.11 Å². The van der Waals surface area contributed by atoms with Crippen molar-refractivity contribution in [1.82, 2.24) is 0 Å². The summed E-state index contributed by atoms with van der Waals surface area (Å²) in [5, 5.41) is 10.7. The van der Waals surface area contributed by atoms with Crippen LogP contribution in [-0.2, 0) is 5.41 Å². The molecular weight excluding hydrogens is 220 g/mol. The molecule has 1 aromatic carbocycles. The molecule has 0 spiro atoms. The van der Waals surface area contributed by atoms with Crippen molar-refractivity contribution in [2.75, 3.05) is 0 Å². The summed E-state index contributed by atoms with van der Waals surface area (Å²) in [6.45, 7) is 3.77. The number of halogens is 1. The van der Waals surface area contributed by atoms with Gasteiger partial charge in [0.1, 0.15) is 0 Å². The van der Waals surface area contributed by atoms with Gasteiger partial charge in [-0.25, -0.2) is 0 Å². The SMILES string of the molecule is C=C(O)C1(c2ccc(Cl)cc2)CCCCC1. The van der Waals surface area contributed by atoms with Crippen molar-refractivity contribution in [3.8, 4) is 0 Å². The molecule has 0 atom stereocenters. The molecule has 1 saturated carbocycles. The molecule has 1 aliphatic carbocycles. The Morgan fingerprint density at radius 1 is 1.12 bits per heavy atom. The molecule has 1 N–H and O–H groups in total. The zero-order valence-electron chi connectivity index (χ0n) is 9.38. The Morgan fingerprint density at radius 2 is 1.69 bits per heavy atom. The van der Waals surface area contributed by atoms with Crippen molar-refractivity contribution in [1.29, 1.82) is 0 Å². The Bertz CT molecular complexity index is 374. The highest BCUT2D eigenvalue weighted by atomic mass is 35.5. The molecule has 0 amide bonds. The molecule has 2 rings (SSSR count). The molecule has 2 heteroatoms. The normalized spacial score (nSPS) is 19.3. The highest BCUT2D eigenvalue weighted by molar-refractivity contribution is 6.30. The van der Waals surface area contributed by atoms with Crippen molar-refractivity contribution in [2.45, 2.75) is 37.5 Å². The number of allylic oxidation sites excluding steroid dienone is 1. The molecule has 1 aliphatic rings. The molecule has 0 unspecified atom stereocenters. The Hall–Kier alpha value is -0.950. The van der Waals surface area contributed by atoms with Gasteiger partial charge in [0.2, 0.25) is 0 Å². The molecule has 1 fully saturated rings. The maximum Gasteiger partial charge on any atom is 0.0956 e. The highest BCUT2D eigenvalue weighted by Gasteiger charge is 2.36. The average Bonchev–Trinajstić information content (AvgIpc) is 2.30. The lowest BCUT2D eigenvalue weighted by Crippen LogP contribution is -2.30. The fourth-order valence-electron chi connectivity index (χ4n) is 2.67. The van der Waals surface area contributed by atoms with E-state index in [9.17, 15) is 5.11 Å². The second-order valence-corrected chi connectivity index (χ2v) is 5.03. The van der Waals surface area contributed by atoms with Gasteiger partial charge >= 0.3 is 0 Å².